The van der Waals surface area contributed by atoms with Crippen molar-refractivity contribution < 1.29 is 0 Å². The molecule has 4 heteroatoms. The monoisotopic (exact) mass is 232 g/mol. The summed E-state index contributed by atoms with van der Waals surface area (Å²) < 4.78 is 2.04. The Morgan fingerprint density at radius 2 is 2.00 bits per heavy atom. The van der Waals surface area contributed by atoms with Crippen LogP contribution in [0.15, 0.2) is 24.4 Å². The lowest BCUT2D eigenvalue weighted by Gasteiger charge is -2.19. The molecule has 2 rings (SSSR count). The molecule has 17 heavy (non-hydrogen) atoms. The van der Waals surface area contributed by atoms with Crippen molar-refractivity contribution in [2.45, 2.75) is 45.7 Å². The molecule has 4 nitrogen and oxygen atoms in total. The third-order valence-electron chi connectivity index (χ3n) is 3.20. The molecule has 1 atom stereocenters. The molecule has 0 amide bonds. The maximum Gasteiger partial charge on any atom is 0.160 e. The average molecular weight is 232 g/mol. The molecular weight excluding hydrogens is 212 g/mol. The van der Waals surface area contributed by atoms with Crippen LogP contribution in [0.25, 0.3) is 5.65 Å². The number of hydrogen-bond acceptors (Lipinski definition) is 3. The fourth-order valence-electron chi connectivity index (χ4n) is 2.11. The molecule has 0 saturated carbocycles. The van der Waals surface area contributed by atoms with Crippen LogP contribution in [0, 0.1) is 0 Å². The maximum atomic E-state index is 4.27. The van der Waals surface area contributed by atoms with Crippen molar-refractivity contribution >= 4 is 5.65 Å². The van der Waals surface area contributed by atoms with Gasteiger partial charge in [0.05, 0.1) is 6.04 Å². The zero-order chi connectivity index (χ0) is 12.3. The number of nitrogens with one attached hydrogen (secondary N) is 1. The van der Waals surface area contributed by atoms with Crippen molar-refractivity contribution in [3.63, 3.8) is 0 Å². The fourth-order valence-corrected chi connectivity index (χ4v) is 2.11. The largest absolute Gasteiger partial charge is 0.305 e. The Hall–Kier alpha value is -1.42. The van der Waals surface area contributed by atoms with E-state index in [9.17, 15) is 0 Å². The minimum Gasteiger partial charge on any atom is -0.305 e. The Labute approximate surface area is 102 Å². The van der Waals surface area contributed by atoms with Crippen molar-refractivity contribution in [2.75, 3.05) is 0 Å². The van der Waals surface area contributed by atoms with Gasteiger partial charge in [0, 0.05) is 12.2 Å². The highest BCUT2D eigenvalue weighted by molar-refractivity contribution is 5.37. The number of nitrogens with zero attached hydrogens (tertiary/aromatic N) is 3. The molecule has 0 radical (unpaired) electrons. The van der Waals surface area contributed by atoms with Crippen LogP contribution in [0.1, 0.15) is 45.5 Å². The molecule has 0 unspecified atom stereocenters. The van der Waals surface area contributed by atoms with Gasteiger partial charge in [0.2, 0.25) is 0 Å². The lowest BCUT2D eigenvalue weighted by Crippen LogP contribution is -2.31. The zero-order valence-electron chi connectivity index (χ0n) is 10.7. The fraction of sp³-hybridized carbons (Fsp3) is 0.538. The van der Waals surface area contributed by atoms with Gasteiger partial charge < -0.3 is 5.32 Å². The normalized spacial score (nSPS) is 13.4. The van der Waals surface area contributed by atoms with Gasteiger partial charge in [-0.25, -0.2) is 0 Å². The Morgan fingerprint density at radius 3 is 2.71 bits per heavy atom. The van der Waals surface area contributed by atoms with E-state index < -0.39 is 0 Å². The molecule has 0 saturated heterocycles. The van der Waals surface area contributed by atoms with E-state index in [0.717, 1.165) is 24.3 Å². The molecule has 92 valence electrons. The van der Waals surface area contributed by atoms with Crippen LogP contribution in [-0.4, -0.2) is 20.6 Å². The minimum absolute atomic E-state index is 0.220. The number of hydrogen-bond donors (Lipinski definition) is 1. The molecule has 2 aromatic rings. The molecule has 0 aromatic carbocycles. The maximum absolute atomic E-state index is 4.27. The van der Waals surface area contributed by atoms with E-state index in [0.29, 0.717) is 6.04 Å². The molecule has 0 spiro atoms. The summed E-state index contributed by atoms with van der Waals surface area (Å²) in [5.41, 5.74) is 0.903. The average Bonchev–Trinajstić information content (AvgIpc) is 2.79. The molecule has 1 N–H and O–H groups in total. The third-order valence-corrected chi connectivity index (χ3v) is 3.20. The van der Waals surface area contributed by atoms with Crippen molar-refractivity contribution in [3.05, 3.63) is 30.2 Å². The van der Waals surface area contributed by atoms with Crippen LogP contribution in [-0.2, 0) is 0 Å². The first-order valence-electron chi connectivity index (χ1n) is 6.32. The van der Waals surface area contributed by atoms with Crippen LogP contribution in [0.2, 0.25) is 0 Å². The summed E-state index contributed by atoms with van der Waals surface area (Å²) in [5, 5.41) is 12.0. The van der Waals surface area contributed by atoms with Gasteiger partial charge in [-0.1, -0.05) is 19.9 Å². The summed E-state index contributed by atoms with van der Waals surface area (Å²) in [7, 11) is 0. The molecule has 2 heterocycles. The molecule has 2 aromatic heterocycles. The summed E-state index contributed by atoms with van der Waals surface area (Å²) in [6.07, 6.45) is 4.28. The number of pyridine rings is 1. The number of aromatic nitrogens is 3. The Kier molecular flexibility index (Phi) is 3.74. The summed E-state index contributed by atoms with van der Waals surface area (Å²) in [5.74, 6) is 0.979. The summed E-state index contributed by atoms with van der Waals surface area (Å²) in [6.45, 7) is 6.55. The molecule has 0 bridgehead atoms. The first-order valence-corrected chi connectivity index (χ1v) is 6.32. The van der Waals surface area contributed by atoms with Gasteiger partial charge in [-0.15, -0.1) is 10.2 Å². The Bertz CT molecular complexity index is 473. The van der Waals surface area contributed by atoms with E-state index in [-0.39, 0.29) is 6.04 Å². The molecule has 0 aliphatic rings. The standard InChI is InChI=1S/C13H20N4/c1-4-11(5-2)14-10(3)13-16-15-12-8-6-7-9-17(12)13/h6-11,14H,4-5H2,1-3H3/t10-/m1/s1. The highest BCUT2D eigenvalue weighted by atomic mass is 15.3. The highest BCUT2D eigenvalue weighted by Crippen LogP contribution is 2.13. The van der Waals surface area contributed by atoms with E-state index in [1.165, 1.54) is 0 Å². The number of rotatable bonds is 5. The van der Waals surface area contributed by atoms with Crippen LogP contribution in [0.3, 0.4) is 0 Å². The van der Waals surface area contributed by atoms with E-state index in [2.05, 4.69) is 36.3 Å². The van der Waals surface area contributed by atoms with E-state index in [1.807, 2.05) is 28.8 Å². The van der Waals surface area contributed by atoms with Crippen LogP contribution in [0.4, 0.5) is 0 Å². The molecule has 0 fully saturated rings. The van der Waals surface area contributed by atoms with Crippen LogP contribution < -0.4 is 5.32 Å². The molecule has 0 aliphatic heterocycles. The van der Waals surface area contributed by atoms with Gasteiger partial charge in [0.15, 0.2) is 11.5 Å². The topological polar surface area (TPSA) is 42.2 Å². The zero-order valence-corrected chi connectivity index (χ0v) is 10.7. The Morgan fingerprint density at radius 1 is 1.24 bits per heavy atom. The van der Waals surface area contributed by atoms with Gasteiger partial charge in [0.1, 0.15) is 0 Å². The SMILES string of the molecule is CCC(CC)N[C@H](C)c1nnc2ccccn12. The lowest BCUT2D eigenvalue weighted by atomic mass is 10.1. The molecular formula is C13H20N4. The smallest absolute Gasteiger partial charge is 0.160 e. The summed E-state index contributed by atoms with van der Waals surface area (Å²) in [4.78, 5) is 0. The highest BCUT2D eigenvalue weighted by Gasteiger charge is 2.15. The summed E-state index contributed by atoms with van der Waals surface area (Å²) >= 11 is 0. The van der Waals surface area contributed by atoms with Gasteiger partial charge in [-0.2, -0.15) is 0 Å². The second-order valence-corrected chi connectivity index (χ2v) is 4.39. The van der Waals surface area contributed by atoms with Crippen molar-refractivity contribution in [1.29, 1.82) is 0 Å². The number of fused-ring (bicyclic) bond motifs is 1. The van der Waals surface area contributed by atoms with Gasteiger partial charge >= 0.3 is 0 Å². The predicted octanol–water partition coefficient (Wildman–Crippen LogP) is 2.57. The van der Waals surface area contributed by atoms with Crippen molar-refractivity contribution in [2.24, 2.45) is 0 Å². The minimum atomic E-state index is 0.220. The quantitative estimate of drug-likeness (QED) is 0.861. The van der Waals surface area contributed by atoms with Crippen molar-refractivity contribution in [3.8, 4) is 0 Å². The van der Waals surface area contributed by atoms with Gasteiger partial charge in [-0.3, -0.25) is 4.40 Å². The van der Waals surface area contributed by atoms with Gasteiger partial charge in [-0.05, 0) is 31.9 Å². The van der Waals surface area contributed by atoms with Crippen molar-refractivity contribution in [1.82, 2.24) is 19.9 Å². The summed E-state index contributed by atoms with van der Waals surface area (Å²) in [6, 6.07) is 6.72. The predicted molar refractivity (Wildman–Crippen MR) is 68.9 cm³/mol. The van der Waals surface area contributed by atoms with Crippen LogP contribution >= 0.6 is 0 Å². The Balaban J connectivity index is 2.21. The lowest BCUT2D eigenvalue weighted by molar-refractivity contribution is 0.419. The first kappa shape index (κ1) is 12.0. The first-order chi connectivity index (χ1) is 8.26. The van der Waals surface area contributed by atoms with E-state index in [4.69, 9.17) is 0 Å². The second kappa shape index (κ2) is 5.27. The second-order valence-electron chi connectivity index (χ2n) is 4.39. The van der Waals surface area contributed by atoms with Gasteiger partial charge in [0.25, 0.3) is 0 Å². The van der Waals surface area contributed by atoms with E-state index in [1.54, 1.807) is 0 Å². The third kappa shape index (κ3) is 2.47. The van der Waals surface area contributed by atoms with Crippen LogP contribution in [0.5, 0.6) is 0 Å². The van der Waals surface area contributed by atoms with E-state index >= 15 is 0 Å². The molecule has 0 aliphatic carbocycles.